The Labute approximate surface area is 151 Å². The molecule has 1 aromatic heterocycles. The monoisotopic (exact) mass is 362 g/mol. The van der Waals surface area contributed by atoms with Gasteiger partial charge in [-0.05, 0) is 30.3 Å². The van der Waals surface area contributed by atoms with Gasteiger partial charge >= 0.3 is 0 Å². The van der Waals surface area contributed by atoms with E-state index in [2.05, 4.69) is 4.98 Å². The van der Waals surface area contributed by atoms with Gasteiger partial charge in [-0.1, -0.05) is 0 Å². The molecule has 0 radical (unpaired) electrons. The number of hydrogen-bond acceptors (Lipinski definition) is 5. The van der Waals surface area contributed by atoms with Gasteiger partial charge in [0.25, 0.3) is 5.91 Å². The average molecular weight is 363 g/mol. The second-order valence-corrected chi connectivity index (χ2v) is 5.57. The third-order valence-electron chi connectivity index (χ3n) is 3.99. The van der Waals surface area contributed by atoms with E-state index in [4.69, 9.17) is 10.5 Å². The molecular formula is C17H19ClN4O3. The number of nitrogens with two attached hydrogens (primary N) is 1. The second-order valence-electron chi connectivity index (χ2n) is 5.57. The molecule has 0 fully saturated rings. The van der Waals surface area contributed by atoms with Crippen LogP contribution in [0.25, 0.3) is 0 Å². The summed E-state index contributed by atoms with van der Waals surface area (Å²) in [5.41, 5.74) is 7.48. The lowest BCUT2D eigenvalue weighted by atomic mass is 10.1. The Morgan fingerprint density at radius 2 is 2.00 bits per heavy atom. The van der Waals surface area contributed by atoms with Crippen LogP contribution in [0.5, 0.6) is 5.75 Å². The smallest absolute Gasteiger partial charge is 0.258 e. The number of rotatable bonds is 2. The fourth-order valence-corrected chi connectivity index (χ4v) is 2.53. The van der Waals surface area contributed by atoms with Crippen LogP contribution in [0, 0.1) is 0 Å². The lowest BCUT2D eigenvalue weighted by Gasteiger charge is -2.20. The molecule has 0 bridgehead atoms. The van der Waals surface area contributed by atoms with Crippen molar-refractivity contribution in [2.45, 2.75) is 6.04 Å². The van der Waals surface area contributed by atoms with Gasteiger partial charge in [-0.3, -0.25) is 14.6 Å². The molecule has 1 aliphatic heterocycles. The molecule has 1 aliphatic rings. The van der Waals surface area contributed by atoms with Crippen molar-refractivity contribution in [1.82, 2.24) is 4.98 Å². The van der Waals surface area contributed by atoms with E-state index in [0.29, 0.717) is 17.0 Å². The highest BCUT2D eigenvalue weighted by Gasteiger charge is 2.27. The van der Waals surface area contributed by atoms with Gasteiger partial charge in [-0.15, -0.1) is 12.4 Å². The number of carbonyl (C=O) groups excluding carboxylic acids is 2. The van der Waals surface area contributed by atoms with Crippen LogP contribution < -0.4 is 20.3 Å². The van der Waals surface area contributed by atoms with Crippen LogP contribution in [0.1, 0.15) is 10.4 Å². The Bertz CT molecular complexity index is 785. The van der Waals surface area contributed by atoms with Crippen molar-refractivity contribution in [3.05, 3.63) is 48.3 Å². The highest BCUT2D eigenvalue weighted by molar-refractivity contribution is 6.07. The maximum Gasteiger partial charge on any atom is 0.258 e. The summed E-state index contributed by atoms with van der Waals surface area (Å²) in [6.45, 7) is 0.111. The molecule has 1 atom stereocenters. The van der Waals surface area contributed by atoms with Crippen molar-refractivity contribution in [2.75, 3.05) is 30.5 Å². The fourth-order valence-electron chi connectivity index (χ4n) is 2.53. The molecule has 8 heteroatoms. The van der Waals surface area contributed by atoms with Crippen molar-refractivity contribution < 1.29 is 14.3 Å². The lowest BCUT2D eigenvalue weighted by molar-refractivity contribution is -0.119. The van der Waals surface area contributed by atoms with Crippen LogP contribution >= 0.6 is 12.4 Å². The van der Waals surface area contributed by atoms with Crippen LogP contribution in [0.4, 0.5) is 11.4 Å². The molecule has 2 N–H and O–H groups in total. The summed E-state index contributed by atoms with van der Waals surface area (Å²) in [5.74, 6) is 0.0844. The van der Waals surface area contributed by atoms with Crippen LogP contribution in [0.15, 0.2) is 42.7 Å². The molecule has 1 aromatic carbocycles. The predicted molar refractivity (Wildman–Crippen MR) is 97.5 cm³/mol. The number of carbonyl (C=O) groups is 2. The number of halogens is 1. The Hall–Kier alpha value is -2.64. The van der Waals surface area contributed by atoms with Gasteiger partial charge in [0.05, 0.1) is 5.69 Å². The maximum atomic E-state index is 12.7. The van der Waals surface area contributed by atoms with E-state index in [-0.39, 0.29) is 30.8 Å². The standard InChI is InChI=1S/C17H18N4O3.ClH/c1-20(12-5-7-19-8-6-12)16(22)11-3-4-15-14(9-11)21(2)17(23)13(18)10-24-15;/h3-9,13H,10,18H2,1-2H3;1H/t13-;/m0./s1. The van der Waals surface area contributed by atoms with Crippen LogP contribution in [-0.4, -0.2) is 43.5 Å². The first-order valence-electron chi connectivity index (χ1n) is 7.47. The average Bonchev–Trinajstić information content (AvgIpc) is 2.73. The summed E-state index contributed by atoms with van der Waals surface area (Å²) >= 11 is 0. The number of likely N-dealkylation sites (N-methyl/N-ethyl adjacent to an activating group) is 1. The first-order chi connectivity index (χ1) is 11.5. The topological polar surface area (TPSA) is 88.8 Å². The van der Waals surface area contributed by atoms with E-state index in [1.807, 2.05) is 0 Å². The van der Waals surface area contributed by atoms with Gasteiger partial charge in [0.1, 0.15) is 18.4 Å². The molecule has 2 heterocycles. The normalized spacial score (nSPS) is 16.2. The Kier molecular flexibility index (Phi) is 5.61. The van der Waals surface area contributed by atoms with Crippen molar-refractivity contribution >= 4 is 35.6 Å². The fraction of sp³-hybridized carbons (Fsp3) is 0.235. The van der Waals surface area contributed by atoms with Gasteiger partial charge in [-0.25, -0.2) is 0 Å². The van der Waals surface area contributed by atoms with E-state index in [1.54, 1.807) is 56.8 Å². The van der Waals surface area contributed by atoms with Crippen molar-refractivity contribution in [2.24, 2.45) is 5.73 Å². The maximum absolute atomic E-state index is 12.7. The molecule has 7 nitrogen and oxygen atoms in total. The summed E-state index contributed by atoms with van der Waals surface area (Å²) in [5, 5.41) is 0. The number of pyridine rings is 1. The minimum Gasteiger partial charge on any atom is -0.489 e. The SMILES string of the molecule is CN(C(=O)c1ccc2c(c1)N(C)C(=O)[C@@H](N)CO2)c1ccncc1.Cl. The molecule has 132 valence electrons. The van der Waals surface area contributed by atoms with E-state index >= 15 is 0 Å². The zero-order valence-corrected chi connectivity index (χ0v) is 14.7. The predicted octanol–water partition coefficient (Wildman–Crippen LogP) is 1.46. The Balaban J connectivity index is 0.00000225. The van der Waals surface area contributed by atoms with E-state index in [9.17, 15) is 9.59 Å². The molecule has 0 spiro atoms. The van der Waals surface area contributed by atoms with Crippen LogP contribution in [0.3, 0.4) is 0 Å². The first-order valence-corrected chi connectivity index (χ1v) is 7.47. The highest BCUT2D eigenvalue weighted by atomic mass is 35.5. The summed E-state index contributed by atoms with van der Waals surface area (Å²) in [4.78, 5) is 31.8. The van der Waals surface area contributed by atoms with Gasteiger partial charge < -0.3 is 20.3 Å². The molecule has 2 amide bonds. The Morgan fingerprint density at radius 1 is 1.32 bits per heavy atom. The number of ether oxygens (including phenoxy) is 1. The second kappa shape index (κ2) is 7.50. The van der Waals surface area contributed by atoms with Gasteiger partial charge in [0.2, 0.25) is 5.91 Å². The summed E-state index contributed by atoms with van der Waals surface area (Å²) in [7, 11) is 3.31. The number of amides is 2. The van der Waals surface area contributed by atoms with E-state index < -0.39 is 6.04 Å². The zero-order chi connectivity index (χ0) is 17.3. The zero-order valence-electron chi connectivity index (χ0n) is 13.9. The number of nitrogens with zero attached hydrogens (tertiary/aromatic N) is 3. The van der Waals surface area contributed by atoms with Crippen molar-refractivity contribution in [3.8, 4) is 5.75 Å². The molecule has 0 saturated carbocycles. The highest BCUT2D eigenvalue weighted by Crippen LogP contribution is 2.32. The van der Waals surface area contributed by atoms with Gasteiger partial charge in [0, 0.05) is 37.7 Å². The quantitative estimate of drug-likeness (QED) is 0.873. The van der Waals surface area contributed by atoms with Crippen molar-refractivity contribution in [3.63, 3.8) is 0 Å². The lowest BCUT2D eigenvalue weighted by Crippen LogP contribution is -2.43. The Morgan fingerprint density at radius 3 is 2.68 bits per heavy atom. The number of benzene rings is 1. The number of aromatic nitrogens is 1. The molecule has 0 aliphatic carbocycles. The van der Waals surface area contributed by atoms with Crippen molar-refractivity contribution in [1.29, 1.82) is 0 Å². The molecule has 0 unspecified atom stereocenters. The van der Waals surface area contributed by atoms with E-state index in [0.717, 1.165) is 5.69 Å². The van der Waals surface area contributed by atoms with Gasteiger partial charge in [0.15, 0.2) is 0 Å². The number of hydrogen-bond donors (Lipinski definition) is 1. The number of anilines is 2. The van der Waals surface area contributed by atoms with E-state index in [1.165, 1.54) is 9.80 Å². The third-order valence-corrected chi connectivity index (χ3v) is 3.99. The molecule has 3 rings (SSSR count). The summed E-state index contributed by atoms with van der Waals surface area (Å²) in [6, 6.07) is 7.78. The third kappa shape index (κ3) is 3.57. The summed E-state index contributed by atoms with van der Waals surface area (Å²) < 4.78 is 5.56. The largest absolute Gasteiger partial charge is 0.489 e. The molecule has 25 heavy (non-hydrogen) atoms. The summed E-state index contributed by atoms with van der Waals surface area (Å²) in [6.07, 6.45) is 3.25. The first kappa shape index (κ1) is 18.7. The van der Waals surface area contributed by atoms with Crippen LogP contribution in [0.2, 0.25) is 0 Å². The van der Waals surface area contributed by atoms with Gasteiger partial charge in [-0.2, -0.15) is 0 Å². The molecular weight excluding hydrogens is 344 g/mol. The van der Waals surface area contributed by atoms with Crippen LogP contribution in [-0.2, 0) is 4.79 Å². The molecule has 2 aromatic rings. The minimum atomic E-state index is -0.721. The number of fused-ring (bicyclic) bond motifs is 1. The minimum absolute atomic E-state index is 0. The molecule has 0 saturated heterocycles.